The number of Topliss-reactive ketones (excluding diaryl/α,β-unsaturated/α-hetero) is 1. The Labute approximate surface area is 150 Å². The van der Waals surface area contributed by atoms with Crippen LogP contribution in [-0.4, -0.2) is 20.2 Å². The largest absolute Gasteiger partial charge is 0.384 e. The van der Waals surface area contributed by atoms with Crippen LogP contribution in [0.3, 0.4) is 0 Å². The summed E-state index contributed by atoms with van der Waals surface area (Å²) in [6.07, 6.45) is 4.39. The van der Waals surface area contributed by atoms with Crippen LogP contribution in [0.2, 0.25) is 0 Å². The Hall–Kier alpha value is -1.62. The molecule has 1 aliphatic carbocycles. The first kappa shape index (κ1) is 18.2. The van der Waals surface area contributed by atoms with Gasteiger partial charge in [-0.15, -0.1) is 0 Å². The lowest BCUT2D eigenvalue weighted by Gasteiger charge is -2.41. The Balaban J connectivity index is 2.11. The third kappa shape index (κ3) is 3.26. The lowest BCUT2D eigenvalue weighted by molar-refractivity contribution is -0.122. The summed E-state index contributed by atoms with van der Waals surface area (Å²) >= 11 is 0. The maximum atomic E-state index is 13.3. The molecular weight excluding hydrogens is 334 g/mol. The van der Waals surface area contributed by atoms with Crippen molar-refractivity contribution in [2.45, 2.75) is 63.8 Å². The number of fused-ring (bicyclic) bond motifs is 1. The van der Waals surface area contributed by atoms with E-state index in [2.05, 4.69) is 12.2 Å². The summed E-state index contributed by atoms with van der Waals surface area (Å²) in [5.74, 6) is -0.199. The van der Waals surface area contributed by atoms with Gasteiger partial charge in [0.25, 0.3) is 0 Å². The highest BCUT2D eigenvalue weighted by molar-refractivity contribution is 7.96. The van der Waals surface area contributed by atoms with E-state index in [1.807, 2.05) is 13.8 Å². The normalized spacial score (nSPS) is 27.0. The first-order valence-corrected chi connectivity index (χ1v) is 10.7. The molecule has 0 amide bonds. The molecule has 0 saturated heterocycles. The number of carbonyl (C=O) groups is 1. The van der Waals surface area contributed by atoms with Crippen molar-refractivity contribution < 1.29 is 13.2 Å². The predicted molar refractivity (Wildman–Crippen MR) is 98.7 cm³/mol. The van der Waals surface area contributed by atoms with Gasteiger partial charge in [0.2, 0.25) is 9.84 Å². The van der Waals surface area contributed by atoms with E-state index in [1.165, 1.54) is 0 Å². The van der Waals surface area contributed by atoms with E-state index in [1.54, 1.807) is 24.3 Å². The molecule has 1 fully saturated rings. The van der Waals surface area contributed by atoms with Crippen molar-refractivity contribution in [3.63, 3.8) is 0 Å². The molecule has 1 aromatic carbocycles. The van der Waals surface area contributed by atoms with Crippen molar-refractivity contribution in [2.24, 2.45) is 11.8 Å². The van der Waals surface area contributed by atoms with Gasteiger partial charge in [0.05, 0.1) is 4.90 Å². The van der Waals surface area contributed by atoms with Crippen LogP contribution in [0.5, 0.6) is 0 Å². The second-order valence-electron chi connectivity index (χ2n) is 7.42. The number of carbonyl (C=O) groups excluding carboxylic acids is 1. The van der Waals surface area contributed by atoms with Gasteiger partial charge in [-0.05, 0) is 44.2 Å². The molecule has 2 aliphatic rings. The van der Waals surface area contributed by atoms with Crippen LogP contribution in [-0.2, 0) is 14.6 Å². The number of aryl methyl sites for hydroxylation is 1. The Kier molecular flexibility index (Phi) is 5.05. The molecule has 1 aromatic rings. The van der Waals surface area contributed by atoms with Crippen LogP contribution in [0.15, 0.2) is 39.8 Å². The van der Waals surface area contributed by atoms with Crippen molar-refractivity contribution in [3.8, 4) is 0 Å². The molecule has 3 rings (SSSR count). The minimum absolute atomic E-state index is 0.00760. The van der Waals surface area contributed by atoms with Gasteiger partial charge in [0.1, 0.15) is 4.91 Å². The van der Waals surface area contributed by atoms with Crippen LogP contribution in [0.1, 0.15) is 51.5 Å². The number of sulfone groups is 1. The monoisotopic (exact) mass is 361 g/mol. The summed E-state index contributed by atoms with van der Waals surface area (Å²) in [6.45, 7) is 5.99. The molecule has 3 atom stereocenters. The average Bonchev–Trinajstić information content (AvgIpc) is 2.55. The molecule has 4 nitrogen and oxygen atoms in total. The standard InChI is InChI=1S/C20H27NO3S/c1-4-6-17-20(25(23,24)15-11-9-13(2)10-12-15)19(22)18-14(3)7-5-8-16(18)21-17/h9-12,14,16,18,21H,4-8H2,1-3H3/t14-,16-,18+/m1/s1. The molecule has 0 aromatic heterocycles. The minimum atomic E-state index is -3.81. The van der Waals surface area contributed by atoms with Crippen molar-refractivity contribution in [2.75, 3.05) is 0 Å². The van der Waals surface area contributed by atoms with E-state index in [0.717, 1.165) is 31.2 Å². The quantitative estimate of drug-likeness (QED) is 0.887. The van der Waals surface area contributed by atoms with Crippen LogP contribution in [0.4, 0.5) is 0 Å². The molecule has 1 N–H and O–H groups in total. The maximum Gasteiger partial charge on any atom is 0.211 e. The van der Waals surface area contributed by atoms with Crippen LogP contribution >= 0.6 is 0 Å². The zero-order chi connectivity index (χ0) is 18.2. The van der Waals surface area contributed by atoms with Crippen LogP contribution in [0.25, 0.3) is 0 Å². The number of hydrogen-bond donors (Lipinski definition) is 1. The van der Waals surface area contributed by atoms with Gasteiger partial charge in [0, 0.05) is 17.7 Å². The second kappa shape index (κ2) is 6.94. The molecule has 5 heteroatoms. The van der Waals surface area contributed by atoms with Gasteiger partial charge in [-0.1, -0.05) is 44.4 Å². The number of allylic oxidation sites excluding steroid dienone is 2. The molecule has 136 valence electrons. The molecule has 1 aliphatic heterocycles. The van der Waals surface area contributed by atoms with Crippen LogP contribution in [0, 0.1) is 18.8 Å². The third-order valence-electron chi connectivity index (χ3n) is 5.48. The summed E-state index contributed by atoms with van der Waals surface area (Å²) in [4.78, 5) is 13.5. The Morgan fingerprint density at radius 1 is 1.16 bits per heavy atom. The zero-order valence-corrected chi connectivity index (χ0v) is 16.0. The summed E-state index contributed by atoms with van der Waals surface area (Å²) < 4.78 is 26.5. The second-order valence-corrected chi connectivity index (χ2v) is 9.31. The topological polar surface area (TPSA) is 63.2 Å². The first-order chi connectivity index (χ1) is 11.9. The number of ketones is 1. The van der Waals surface area contributed by atoms with Crippen molar-refractivity contribution in [1.29, 1.82) is 0 Å². The predicted octanol–water partition coefficient (Wildman–Crippen LogP) is 3.76. The number of rotatable bonds is 4. The average molecular weight is 362 g/mol. The highest BCUT2D eigenvalue weighted by Crippen LogP contribution is 2.39. The van der Waals surface area contributed by atoms with Crippen molar-refractivity contribution in [3.05, 3.63) is 40.4 Å². The zero-order valence-electron chi connectivity index (χ0n) is 15.2. The number of hydrogen-bond acceptors (Lipinski definition) is 4. The Morgan fingerprint density at radius 2 is 1.84 bits per heavy atom. The van der Waals surface area contributed by atoms with Crippen LogP contribution < -0.4 is 5.32 Å². The molecular formula is C20H27NO3S. The smallest absolute Gasteiger partial charge is 0.211 e. The van der Waals surface area contributed by atoms with E-state index >= 15 is 0 Å². The fourth-order valence-electron chi connectivity index (χ4n) is 4.17. The van der Waals surface area contributed by atoms with Crippen molar-refractivity contribution in [1.82, 2.24) is 5.32 Å². The molecule has 25 heavy (non-hydrogen) atoms. The molecule has 0 bridgehead atoms. The Morgan fingerprint density at radius 3 is 2.48 bits per heavy atom. The lowest BCUT2D eigenvalue weighted by Crippen LogP contribution is -2.51. The Bertz CT molecular complexity index is 793. The minimum Gasteiger partial charge on any atom is -0.384 e. The van der Waals surface area contributed by atoms with Gasteiger partial charge in [-0.25, -0.2) is 8.42 Å². The molecule has 0 unspecified atom stereocenters. The van der Waals surface area contributed by atoms with Gasteiger partial charge < -0.3 is 5.32 Å². The fourth-order valence-corrected chi connectivity index (χ4v) is 5.79. The molecule has 0 radical (unpaired) electrons. The van der Waals surface area contributed by atoms with E-state index < -0.39 is 9.84 Å². The molecule has 1 saturated carbocycles. The van der Waals surface area contributed by atoms with Gasteiger partial charge >= 0.3 is 0 Å². The van der Waals surface area contributed by atoms with E-state index in [4.69, 9.17) is 0 Å². The first-order valence-electron chi connectivity index (χ1n) is 9.22. The van der Waals surface area contributed by atoms with E-state index in [0.29, 0.717) is 12.1 Å². The number of benzene rings is 1. The van der Waals surface area contributed by atoms with E-state index in [9.17, 15) is 13.2 Å². The summed E-state index contributed by atoms with van der Waals surface area (Å²) in [5.41, 5.74) is 1.61. The van der Waals surface area contributed by atoms with Gasteiger partial charge in [0.15, 0.2) is 5.78 Å². The lowest BCUT2D eigenvalue weighted by atomic mass is 9.72. The SMILES string of the molecule is CCCC1=C(S(=O)(=O)c2ccc(C)cc2)C(=O)[C@H]2[C@H](C)CCC[C@H]2N1. The van der Waals surface area contributed by atoms with Gasteiger partial charge in [-0.3, -0.25) is 4.79 Å². The molecule has 1 heterocycles. The summed E-state index contributed by atoms with van der Waals surface area (Å²) in [5, 5.41) is 3.43. The van der Waals surface area contributed by atoms with Gasteiger partial charge in [-0.2, -0.15) is 0 Å². The summed E-state index contributed by atoms with van der Waals surface area (Å²) in [7, 11) is -3.81. The molecule has 0 spiro atoms. The summed E-state index contributed by atoms with van der Waals surface area (Å²) in [6, 6.07) is 6.84. The highest BCUT2D eigenvalue weighted by atomic mass is 32.2. The highest BCUT2D eigenvalue weighted by Gasteiger charge is 2.45. The maximum absolute atomic E-state index is 13.3. The van der Waals surface area contributed by atoms with E-state index in [-0.39, 0.29) is 33.5 Å². The third-order valence-corrected chi connectivity index (χ3v) is 7.36. The van der Waals surface area contributed by atoms with Crippen molar-refractivity contribution >= 4 is 15.6 Å². The fraction of sp³-hybridized carbons (Fsp3) is 0.550. The number of nitrogens with one attached hydrogen (secondary N) is 1.